The molecule has 0 aromatic heterocycles. The van der Waals surface area contributed by atoms with E-state index < -0.39 is 10.9 Å². The topological polar surface area (TPSA) is 102 Å². The largest absolute Gasteiger partial charge is 0.452 e. The number of nitro groups is 1. The lowest BCUT2D eigenvalue weighted by Gasteiger charge is -2.29. The third-order valence-electron chi connectivity index (χ3n) is 5.65. The van der Waals surface area contributed by atoms with Gasteiger partial charge in [0.2, 0.25) is 0 Å². The molecule has 1 aliphatic carbocycles. The van der Waals surface area contributed by atoms with Crippen molar-refractivity contribution in [1.82, 2.24) is 5.32 Å². The van der Waals surface area contributed by atoms with Crippen LogP contribution in [-0.4, -0.2) is 42.5 Å². The summed E-state index contributed by atoms with van der Waals surface area (Å²) in [5.74, 6) is -0.635. The van der Waals surface area contributed by atoms with Crippen LogP contribution in [-0.2, 0) is 9.53 Å². The molecule has 1 aromatic carbocycles. The summed E-state index contributed by atoms with van der Waals surface area (Å²) in [4.78, 5) is 37.4. The van der Waals surface area contributed by atoms with Crippen molar-refractivity contribution >= 4 is 23.3 Å². The Morgan fingerprint density at radius 2 is 1.93 bits per heavy atom. The minimum atomic E-state index is -0.711. The second-order valence-corrected chi connectivity index (χ2v) is 7.66. The smallest absolute Gasteiger partial charge is 0.341 e. The molecule has 1 aliphatic heterocycles. The van der Waals surface area contributed by atoms with Gasteiger partial charge in [0.1, 0.15) is 0 Å². The molecule has 1 N–H and O–H groups in total. The van der Waals surface area contributed by atoms with Crippen molar-refractivity contribution in [3.05, 3.63) is 33.9 Å². The van der Waals surface area contributed by atoms with Crippen LogP contribution in [0, 0.1) is 16.0 Å². The maximum absolute atomic E-state index is 12.6. The molecule has 1 heterocycles. The summed E-state index contributed by atoms with van der Waals surface area (Å²) in [6.45, 7) is 3.31. The number of anilines is 1. The van der Waals surface area contributed by atoms with Gasteiger partial charge < -0.3 is 15.0 Å². The number of esters is 1. The number of hydrogen-bond acceptors (Lipinski definition) is 6. The zero-order valence-electron chi connectivity index (χ0n) is 16.2. The fraction of sp³-hybridized carbons (Fsp3) is 0.600. The first-order valence-corrected chi connectivity index (χ1v) is 9.95. The van der Waals surface area contributed by atoms with E-state index in [0.717, 1.165) is 45.2 Å². The summed E-state index contributed by atoms with van der Waals surface area (Å²) in [5.41, 5.74) is 0.583. The van der Waals surface area contributed by atoms with Crippen LogP contribution in [0.15, 0.2) is 18.2 Å². The summed E-state index contributed by atoms with van der Waals surface area (Å²) in [5, 5.41) is 14.0. The maximum atomic E-state index is 12.6. The van der Waals surface area contributed by atoms with Crippen LogP contribution in [0.2, 0.25) is 0 Å². The standard InChI is InChI=1S/C20H27N3O5/c1-14-6-2-3-7-17(14)21-19(24)13-28-20(25)16-12-15(23(26)27)8-9-18(16)22-10-4-5-11-22/h8-9,12,14,17H,2-7,10-11,13H2,1H3,(H,21,24)/t14-,17+/m0/s1. The van der Waals surface area contributed by atoms with Gasteiger partial charge in [-0.1, -0.05) is 19.8 Å². The quantitative estimate of drug-likeness (QED) is 0.456. The predicted octanol–water partition coefficient (Wildman–Crippen LogP) is 3.05. The van der Waals surface area contributed by atoms with Gasteiger partial charge in [0.25, 0.3) is 11.6 Å². The first kappa shape index (κ1) is 20.1. The minimum absolute atomic E-state index is 0.109. The van der Waals surface area contributed by atoms with Crippen molar-refractivity contribution in [1.29, 1.82) is 0 Å². The van der Waals surface area contributed by atoms with Gasteiger partial charge in [0.05, 0.1) is 16.2 Å². The average molecular weight is 389 g/mol. The van der Waals surface area contributed by atoms with Gasteiger partial charge in [-0.2, -0.15) is 0 Å². The Labute approximate surface area is 164 Å². The van der Waals surface area contributed by atoms with Crippen molar-refractivity contribution in [2.75, 3.05) is 24.6 Å². The summed E-state index contributed by atoms with van der Waals surface area (Å²) < 4.78 is 5.20. The molecule has 28 heavy (non-hydrogen) atoms. The zero-order valence-corrected chi connectivity index (χ0v) is 16.2. The average Bonchev–Trinajstić information content (AvgIpc) is 3.22. The number of carbonyl (C=O) groups is 2. The fourth-order valence-electron chi connectivity index (χ4n) is 4.02. The van der Waals surface area contributed by atoms with Crippen LogP contribution in [0.3, 0.4) is 0 Å². The molecule has 0 spiro atoms. The first-order valence-electron chi connectivity index (χ1n) is 9.95. The Bertz CT molecular complexity index is 745. The maximum Gasteiger partial charge on any atom is 0.341 e. The van der Waals surface area contributed by atoms with Crippen LogP contribution in [0.1, 0.15) is 55.8 Å². The highest BCUT2D eigenvalue weighted by molar-refractivity contribution is 5.97. The monoisotopic (exact) mass is 389 g/mol. The normalized spacial score (nSPS) is 22.0. The molecule has 2 aliphatic rings. The van der Waals surface area contributed by atoms with E-state index in [2.05, 4.69) is 12.2 Å². The summed E-state index contributed by atoms with van der Waals surface area (Å²) in [7, 11) is 0. The van der Waals surface area contributed by atoms with Gasteiger partial charge in [0.15, 0.2) is 6.61 Å². The molecule has 8 nitrogen and oxygen atoms in total. The number of carbonyl (C=O) groups excluding carboxylic acids is 2. The lowest BCUT2D eigenvalue weighted by Crippen LogP contribution is -2.42. The van der Waals surface area contributed by atoms with Gasteiger partial charge in [-0.25, -0.2) is 4.79 Å². The predicted molar refractivity (Wildman–Crippen MR) is 104 cm³/mol. The molecule has 1 amide bonds. The second-order valence-electron chi connectivity index (χ2n) is 7.66. The highest BCUT2D eigenvalue weighted by Gasteiger charge is 2.26. The number of nitro benzene ring substituents is 1. The number of rotatable bonds is 6. The van der Waals surface area contributed by atoms with Gasteiger partial charge in [-0.3, -0.25) is 14.9 Å². The number of benzene rings is 1. The molecule has 0 bridgehead atoms. The summed E-state index contributed by atoms with van der Waals surface area (Å²) in [6.07, 6.45) is 6.29. The van der Waals surface area contributed by atoms with E-state index in [1.807, 2.05) is 4.90 Å². The van der Waals surface area contributed by atoms with Crippen LogP contribution in [0.4, 0.5) is 11.4 Å². The Morgan fingerprint density at radius 1 is 1.21 bits per heavy atom. The third-order valence-corrected chi connectivity index (χ3v) is 5.65. The number of amides is 1. The van der Waals surface area contributed by atoms with Gasteiger partial charge in [-0.15, -0.1) is 0 Å². The van der Waals surface area contributed by atoms with E-state index in [9.17, 15) is 19.7 Å². The zero-order chi connectivity index (χ0) is 20.1. The Hall–Kier alpha value is -2.64. The van der Waals surface area contributed by atoms with Gasteiger partial charge >= 0.3 is 5.97 Å². The molecular formula is C20H27N3O5. The van der Waals surface area contributed by atoms with E-state index in [-0.39, 0.29) is 29.8 Å². The highest BCUT2D eigenvalue weighted by Crippen LogP contribution is 2.29. The molecule has 0 unspecified atom stereocenters. The highest BCUT2D eigenvalue weighted by atomic mass is 16.6. The molecule has 1 aromatic rings. The number of nitrogens with zero attached hydrogens (tertiary/aromatic N) is 2. The minimum Gasteiger partial charge on any atom is -0.452 e. The van der Waals surface area contributed by atoms with Crippen molar-refractivity contribution in [2.24, 2.45) is 5.92 Å². The van der Waals surface area contributed by atoms with Gasteiger partial charge in [-0.05, 0) is 37.7 Å². The third kappa shape index (κ3) is 4.79. The number of hydrogen-bond donors (Lipinski definition) is 1. The summed E-state index contributed by atoms with van der Waals surface area (Å²) >= 11 is 0. The van der Waals surface area contributed by atoms with Crippen molar-refractivity contribution < 1.29 is 19.2 Å². The molecule has 1 saturated heterocycles. The van der Waals surface area contributed by atoms with Crippen molar-refractivity contribution in [3.63, 3.8) is 0 Å². The fourth-order valence-corrected chi connectivity index (χ4v) is 4.02. The van der Waals surface area contributed by atoms with Crippen LogP contribution in [0.5, 0.6) is 0 Å². The van der Waals surface area contributed by atoms with Crippen LogP contribution >= 0.6 is 0 Å². The molecule has 3 rings (SSSR count). The second kappa shape index (κ2) is 9.03. The molecule has 1 saturated carbocycles. The number of ether oxygens (including phenoxy) is 1. The van der Waals surface area contributed by atoms with Crippen molar-refractivity contribution in [2.45, 2.75) is 51.5 Å². The lowest BCUT2D eigenvalue weighted by atomic mass is 9.86. The summed E-state index contributed by atoms with van der Waals surface area (Å²) in [6, 6.07) is 4.32. The molecule has 0 radical (unpaired) electrons. The lowest BCUT2D eigenvalue weighted by molar-refractivity contribution is -0.384. The van der Waals surface area contributed by atoms with Crippen LogP contribution in [0.25, 0.3) is 0 Å². The SMILES string of the molecule is C[C@H]1CCCC[C@H]1NC(=O)COC(=O)c1cc([N+](=O)[O-])ccc1N1CCCC1. The van der Waals surface area contributed by atoms with Crippen molar-refractivity contribution in [3.8, 4) is 0 Å². The molecule has 2 atom stereocenters. The van der Waals surface area contributed by atoms with Gasteiger partial charge in [0, 0.05) is 31.3 Å². The molecule has 152 valence electrons. The molecule has 8 heteroatoms. The van der Waals surface area contributed by atoms with E-state index in [0.29, 0.717) is 11.6 Å². The molecule has 2 fully saturated rings. The van der Waals surface area contributed by atoms with E-state index in [1.54, 1.807) is 6.07 Å². The Morgan fingerprint density at radius 3 is 2.61 bits per heavy atom. The number of non-ortho nitro benzene ring substituents is 1. The Balaban J connectivity index is 1.66. The van der Waals surface area contributed by atoms with E-state index >= 15 is 0 Å². The number of nitrogens with one attached hydrogen (secondary N) is 1. The molecular weight excluding hydrogens is 362 g/mol. The van der Waals surface area contributed by atoms with Crippen LogP contribution < -0.4 is 10.2 Å². The Kier molecular flexibility index (Phi) is 6.49. The first-order chi connectivity index (χ1) is 13.5. The van der Waals surface area contributed by atoms with E-state index in [4.69, 9.17) is 4.74 Å². The van der Waals surface area contributed by atoms with E-state index in [1.165, 1.54) is 18.6 Å².